The van der Waals surface area contributed by atoms with E-state index in [9.17, 15) is 9.59 Å². The van der Waals surface area contributed by atoms with Crippen molar-refractivity contribution in [3.63, 3.8) is 0 Å². The van der Waals surface area contributed by atoms with Crippen molar-refractivity contribution in [2.45, 2.75) is 44.9 Å². The monoisotopic (exact) mass is 337 g/mol. The highest BCUT2D eigenvalue weighted by Gasteiger charge is 2.49. The first-order valence-corrected chi connectivity index (χ1v) is 9.55. The van der Waals surface area contributed by atoms with Crippen LogP contribution in [0.1, 0.15) is 44.9 Å². The fourth-order valence-electron chi connectivity index (χ4n) is 4.54. The minimum absolute atomic E-state index is 0.0133. The molecule has 0 aliphatic carbocycles. The van der Waals surface area contributed by atoms with Gasteiger partial charge in [0.2, 0.25) is 11.8 Å². The first kappa shape index (κ1) is 17.7. The van der Waals surface area contributed by atoms with Gasteiger partial charge in [-0.25, -0.2) is 0 Å². The summed E-state index contributed by atoms with van der Waals surface area (Å²) in [6, 6.07) is 0. The molecule has 6 nitrogen and oxygen atoms in total. The molecule has 1 N–H and O–H groups in total. The van der Waals surface area contributed by atoms with Gasteiger partial charge in [-0.15, -0.1) is 0 Å². The van der Waals surface area contributed by atoms with Crippen LogP contribution in [0.25, 0.3) is 0 Å². The number of carbonyl (C=O) groups excluding carboxylic acids is 2. The van der Waals surface area contributed by atoms with Crippen LogP contribution in [0.3, 0.4) is 0 Å². The third-order valence-corrected chi connectivity index (χ3v) is 5.96. The van der Waals surface area contributed by atoms with Gasteiger partial charge < -0.3 is 14.9 Å². The number of hydrogen-bond donors (Lipinski definition) is 1. The lowest BCUT2D eigenvalue weighted by atomic mass is 9.78. The molecule has 3 saturated heterocycles. The minimum atomic E-state index is -0.387. The number of carbonyl (C=O) groups is 2. The number of likely N-dealkylation sites (tertiary alicyclic amines) is 3. The Bertz CT molecular complexity index is 460. The summed E-state index contributed by atoms with van der Waals surface area (Å²) in [6.45, 7) is 4.99. The van der Waals surface area contributed by atoms with Crippen molar-refractivity contribution in [3.8, 4) is 0 Å². The van der Waals surface area contributed by atoms with Crippen LogP contribution in [0.5, 0.6) is 0 Å². The zero-order chi connectivity index (χ0) is 17.0. The second-order valence-corrected chi connectivity index (χ2v) is 7.66. The van der Waals surface area contributed by atoms with E-state index < -0.39 is 0 Å². The first-order chi connectivity index (χ1) is 11.6. The van der Waals surface area contributed by atoms with Crippen LogP contribution < -0.4 is 0 Å². The fraction of sp³-hybridized carbons (Fsp3) is 0.889. The first-order valence-electron chi connectivity index (χ1n) is 9.55. The summed E-state index contributed by atoms with van der Waals surface area (Å²) in [6.07, 6.45) is 7.54. The number of rotatable bonds is 4. The van der Waals surface area contributed by atoms with E-state index in [4.69, 9.17) is 5.11 Å². The molecule has 3 aliphatic rings. The molecule has 0 unspecified atom stereocenters. The largest absolute Gasteiger partial charge is 0.395 e. The van der Waals surface area contributed by atoms with Crippen molar-refractivity contribution in [1.82, 2.24) is 14.7 Å². The van der Waals surface area contributed by atoms with Crippen LogP contribution in [-0.2, 0) is 9.59 Å². The van der Waals surface area contributed by atoms with E-state index in [2.05, 4.69) is 4.90 Å². The average Bonchev–Trinajstić information content (AvgIpc) is 2.83. The number of β-amino-alcohol motifs (C(OH)–C–C–N with tert-alkyl or cyclic N) is 1. The van der Waals surface area contributed by atoms with Gasteiger partial charge in [-0.3, -0.25) is 14.5 Å². The van der Waals surface area contributed by atoms with Gasteiger partial charge in [0.1, 0.15) is 0 Å². The Kier molecular flexibility index (Phi) is 5.76. The Morgan fingerprint density at radius 3 is 2.46 bits per heavy atom. The highest BCUT2D eigenvalue weighted by Crippen LogP contribution is 2.40. The smallest absolute Gasteiger partial charge is 0.236 e. The molecule has 3 rings (SSSR count). The third-order valence-electron chi connectivity index (χ3n) is 5.96. The SMILES string of the molecule is O=C(CN1CCCCCC1)N1CC[C@@]2(CCCN(CCO)C2=O)C1. The van der Waals surface area contributed by atoms with Gasteiger partial charge >= 0.3 is 0 Å². The van der Waals surface area contributed by atoms with Crippen molar-refractivity contribution < 1.29 is 14.7 Å². The van der Waals surface area contributed by atoms with Gasteiger partial charge in [-0.1, -0.05) is 12.8 Å². The lowest BCUT2D eigenvalue weighted by molar-refractivity contribution is -0.146. The second-order valence-electron chi connectivity index (χ2n) is 7.66. The van der Waals surface area contributed by atoms with Crippen molar-refractivity contribution in [3.05, 3.63) is 0 Å². The number of hydrogen-bond acceptors (Lipinski definition) is 4. The van der Waals surface area contributed by atoms with Gasteiger partial charge in [-0.05, 0) is 45.2 Å². The summed E-state index contributed by atoms with van der Waals surface area (Å²) in [5.74, 6) is 0.328. The average molecular weight is 337 g/mol. The normalized spacial score (nSPS) is 29.3. The predicted molar refractivity (Wildman–Crippen MR) is 91.4 cm³/mol. The standard InChI is InChI=1S/C18H31N3O3/c22-13-12-20-10-5-6-18(17(20)24)7-11-21(15-18)16(23)14-19-8-3-1-2-4-9-19/h22H,1-15H2/t18-/m0/s1. The summed E-state index contributed by atoms with van der Waals surface area (Å²) in [4.78, 5) is 31.5. The maximum atomic E-state index is 12.8. The molecule has 3 aliphatic heterocycles. The molecule has 6 heteroatoms. The molecule has 0 saturated carbocycles. The van der Waals surface area contributed by atoms with Gasteiger partial charge in [0.25, 0.3) is 0 Å². The topological polar surface area (TPSA) is 64.1 Å². The molecule has 1 spiro atoms. The zero-order valence-corrected chi connectivity index (χ0v) is 14.7. The van der Waals surface area contributed by atoms with Crippen LogP contribution in [0, 0.1) is 5.41 Å². The number of nitrogens with zero attached hydrogens (tertiary/aromatic N) is 3. The molecule has 0 aromatic carbocycles. The molecule has 0 aromatic heterocycles. The highest BCUT2D eigenvalue weighted by atomic mass is 16.3. The van der Waals surface area contributed by atoms with Crippen LogP contribution in [0.15, 0.2) is 0 Å². The number of piperidine rings is 1. The molecule has 2 amide bonds. The van der Waals surface area contributed by atoms with Crippen molar-refractivity contribution in [2.24, 2.45) is 5.41 Å². The number of aliphatic hydroxyl groups excluding tert-OH is 1. The van der Waals surface area contributed by atoms with Crippen LogP contribution in [0.2, 0.25) is 0 Å². The van der Waals surface area contributed by atoms with Gasteiger partial charge in [0.05, 0.1) is 18.6 Å². The molecular weight excluding hydrogens is 306 g/mol. The predicted octanol–water partition coefficient (Wildman–Crippen LogP) is 0.696. The van der Waals surface area contributed by atoms with E-state index in [1.807, 2.05) is 4.90 Å². The maximum absolute atomic E-state index is 12.8. The zero-order valence-electron chi connectivity index (χ0n) is 14.7. The summed E-state index contributed by atoms with van der Waals surface area (Å²) in [5.41, 5.74) is -0.387. The number of aliphatic hydroxyl groups is 1. The summed E-state index contributed by atoms with van der Waals surface area (Å²) >= 11 is 0. The molecule has 0 aromatic rings. The Morgan fingerprint density at radius 1 is 1.00 bits per heavy atom. The van der Waals surface area contributed by atoms with E-state index >= 15 is 0 Å². The Hall–Kier alpha value is -1.14. The molecule has 3 fully saturated rings. The molecule has 3 heterocycles. The summed E-state index contributed by atoms with van der Waals surface area (Å²) in [7, 11) is 0. The maximum Gasteiger partial charge on any atom is 0.236 e. The molecule has 0 radical (unpaired) electrons. The molecule has 24 heavy (non-hydrogen) atoms. The Balaban J connectivity index is 1.57. The van der Waals surface area contributed by atoms with Crippen molar-refractivity contribution >= 4 is 11.8 Å². The van der Waals surface area contributed by atoms with Crippen LogP contribution >= 0.6 is 0 Å². The van der Waals surface area contributed by atoms with Crippen LogP contribution in [0.4, 0.5) is 0 Å². The van der Waals surface area contributed by atoms with Crippen molar-refractivity contribution in [1.29, 1.82) is 0 Å². The Morgan fingerprint density at radius 2 is 1.75 bits per heavy atom. The minimum Gasteiger partial charge on any atom is -0.395 e. The second kappa shape index (κ2) is 7.83. The van der Waals surface area contributed by atoms with Gasteiger partial charge in [0.15, 0.2) is 0 Å². The van der Waals surface area contributed by atoms with E-state index in [1.165, 1.54) is 25.7 Å². The third kappa shape index (κ3) is 3.75. The van der Waals surface area contributed by atoms with E-state index in [0.29, 0.717) is 26.2 Å². The van der Waals surface area contributed by atoms with E-state index in [-0.39, 0.29) is 23.8 Å². The van der Waals surface area contributed by atoms with E-state index in [0.717, 1.165) is 38.9 Å². The van der Waals surface area contributed by atoms with E-state index in [1.54, 1.807) is 4.90 Å². The lowest BCUT2D eigenvalue weighted by Crippen LogP contribution is -2.51. The van der Waals surface area contributed by atoms with Gasteiger partial charge in [-0.2, -0.15) is 0 Å². The summed E-state index contributed by atoms with van der Waals surface area (Å²) < 4.78 is 0. The van der Waals surface area contributed by atoms with Crippen LogP contribution in [-0.4, -0.2) is 84.0 Å². The molecule has 0 bridgehead atoms. The molecular formula is C18H31N3O3. The highest BCUT2D eigenvalue weighted by molar-refractivity contribution is 5.86. The van der Waals surface area contributed by atoms with Gasteiger partial charge in [0, 0.05) is 26.2 Å². The molecule has 1 atom stereocenters. The van der Waals surface area contributed by atoms with Crippen molar-refractivity contribution in [2.75, 3.05) is 52.4 Å². The summed E-state index contributed by atoms with van der Waals surface area (Å²) in [5, 5.41) is 9.15. The lowest BCUT2D eigenvalue weighted by Gasteiger charge is -2.39. The Labute approximate surface area is 144 Å². The number of amides is 2. The fourth-order valence-corrected chi connectivity index (χ4v) is 4.54. The molecule has 136 valence electrons. The quantitative estimate of drug-likeness (QED) is 0.820.